The van der Waals surface area contributed by atoms with Crippen molar-refractivity contribution in [1.29, 1.82) is 5.26 Å². The zero-order valence-corrected chi connectivity index (χ0v) is 14.9. The normalized spacial score (nSPS) is 16.2. The number of rotatable bonds is 5. The highest BCUT2D eigenvalue weighted by Crippen LogP contribution is 2.19. The van der Waals surface area contributed by atoms with Crippen molar-refractivity contribution in [2.75, 3.05) is 18.4 Å². The molecular formula is C21H23N3O2. The van der Waals surface area contributed by atoms with Crippen molar-refractivity contribution in [3.8, 4) is 11.8 Å². The molecule has 2 aromatic rings. The number of hydrogen-bond acceptors (Lipinski definition) is 3. The zero-order valence-electron chi connectivity index (χ0n) is 14.9. The van der Waals surface area contributed by atoms with Crippen molar-refractivity contribution >= 4 is 11.7 Å². The Balaban J connectivity index is 1.55. The number of nitrogens with one attached hydrogen (secondary N) is 1. The summed E-state index contributed by atoms with van der Waals surface area (Å²) in [4.78, 5) is 14.2. The number of nitriles is 1. The minimum Gasteiger partial charge on any atom is -0.489 e. The van der Waals surface area contributed by atoms with E-state index in [1.54, 1.807) is 0 Å². The topological polar surface area (TPSA) is 65.4 Å². The molecule has 2 amide bonds. The summed E-state index contributed by atoms with van der Waals surface area (Å²) in [6.45, 7) is 4.22. The molecule has 1 aliphatic heterocycles. The van der Waals surface area contributed by atoms with Crippen LogP contribution < -0.4 is 10.1 Å². The van der Waals surface area contributed by atoms with E-state index in [0.29, 0.717) is 18.9 Å². The van der Waals surface area contributed by atoms with Crippen molar-refractivity contribution in [3.05, 3.63) is 59.7 Å². The minimum atomic E-state index is -0.0412. The lowest BCUT2D eigenvalue weighted by atomic mass is 10.1. The highest BCUT2D eigenvalue weighted by molar-refractivity contribution is 5.89. The van der Waals surface area contributed by atoms with Gasteiger partial charge in [0.05, 0.1) is 12.5 Å². The number of urea groups is 1. The molecule has 134 valence electrons. The molecule has 5 nitrogen and oxygen atoms in total. The van der Waals surface area contributed by atoms with Crippen LogP contribution >= 0.6 is 0 Å². The second kappa shape index (κ2) is 8.39. The summed E-state index contributed by atoms with van der Waals surface area (Å²) in [5, 5.41) is 11.7. The van der Waals surface area contributed by atoms with E-state index in [-0.39, 0.29) is 6.03 Å². The highest BCUT2D eigenvalue weighted by atomic mass is 16.5. The summed E-state index contributed by atoms with van der Waals surface area (Å²) in [6.07, 6.45) is 1.46. The summed E-state index contributed by atoms with van der Waals surface area (Å²) in [7, 11) is 0. The summed E-state index contributed by atoms with van der Waals surface area (Å²) in [5.74, 6) is 1.33. The Morgan fingerprint density at radius 1 is 1.27 bits per heavy atom. The Morgan fingerprint density at radius 3 is 2.77 bits per heavy atom. The van der Waals surface area contributed by atoms with Crippen LogP contribution in [-0.4, -0.2) is 24.0 Å². The monoisotopic (exact) mass is 349 g/mol. The molecule has 1 saturated heterocycles. The second-order valence-electron chi connectivity index (χ2n) is 6.74. The van der Waals surface area contributed by atoms with Gasteiger partial charge in [-0.3, -0.25) is 0 Å². The van der Waals surface area contributed by atoms with Gasteiger partial charge in [0.2, 0.25) is 0 Å². The van der Waals surface area contributed by atoms with Crippen LogP contribution in [0.4, 0.5) is 10.5 Å². The van der Waals surface area contributed by atoms with E-state index in [4.69, 9.17) is 10.00 Å². The number of benzene rings is 2. The third kappa shape index (κ3) is 4.76. The predicted molar refractivity (Wildman–Crippen MR) is 101 cm³/mol. The Hall–Kier alpha value is -3.00. The fourth-order valence-electron chi connectivity index (χ4n) is 3.02. The SMILES string of the molecule is C[C@@H]1CCN(C(=O)Nc2cccc(COc3ccc(CC#N)cc3)c2)C1. The summed E-state index contributed by atoms with van der Waals surface area (Å²) in [6, 6.07) is 17.3. The van der Waals surface area contributed by atoms with Crippen LogP contribution in [0.1, 0.15) is 24.5 Å². The average Bonchev–Trinajstić information content (AvgIpc) is 3.08. The van der Waals surface area contributed by atoms with Crippen molar-refractivity contribution in [2.24, 2.45) is 5.92 Å². The average molecular weight is 349 g/mol. The standard InChI is InChI=1S/C21H23N3O2/c1-16-10-12-24(14-16)21(25)23-19-4-2-3-18(13-19)15-26-20-7-5-17(6-8-20)9-11-22/h2-8,13,16H,9-10,12,14-15H2,1H3,(H,23,25)/t16-/m1/s1. The molecule has 0 spiro atoms. The number of likely N-dealkylation sites (tertiary alicyclic amines) is 1. The first kappa shape index (κ1) is 17.8. The molecule has 1 heterocycles. The van der Waals surface area contributed by atoms with E-state index < -0.39 is 0 Å². The first-order valence-electron chi connectivity index (χ1n) is 8.87. The number of hydrogen-bond donors (Lipinski definition) is 1. The zero-order chi connectivity index (χ0) is 18.4. The predicted octanol–water partition coefficient (Wildman–Crippen LogP) is 4.21. The number of nitrogens with zero attached hydrogens (tertiary/aromatic N) is 2. The highest BCUT2D eigenvalue weighted by Gasteiger charge is 2.23. The molecule has 5 heteroatoms. The maximum Gasteiger partial charge on any atom is 0.321 e. The fraction of sp³-hybridized carbons (Fsp3) is 0.333. The third-order valence-corrected chi connectivity index (χ3v) is 4.50. The van der Waals surface area contributed by atoms with Crippen LogP contribution in [0.5, 0.6) is 5.75 Å². The Kier molecular flexibility index (Phi) is 5.75. The van der Waals surface area contributed by atoms with Gasteiger partial charge in [-0.25, -0.2) is 4.79 Å². The van der Waals surface area contributed by atoms with Crippen LogP contribution in [-0.2, 0) is 13.0 Å². The van der Waals surface area contributed by atoms with E-state index in [2.05, 4.69) is 18.3 Å². The number of anilines is 1. The fourth-order valence-corrected chi connectivity index (χ4v) is 3.02. The van der Waals surface area contributed by atoms with Gasteiger partial charge in [0.25, 0.3) is 0 Å². The van der Waals surface area contributed by atoms with Gasteiger partial charge in [0.15, 0.2) is 0 Å². The molecule has 3 rings (SSSR count). The smallest absolute Gasteiger partial charge is 0.321 e. The first-order chi connectivity index (χ1) is 12.6. The van der Waals surface area contributed by atoms with Crippen LogP contribution in [0.3, 0.4) is 0 Å². The third-order valence-electron chi connectivity index (χ3n) is 4.50. The molecule has 1 aliphatic rings. The molecular weight excluding hydrogens is 326 g/mol. The largest absolute Gasteiger partial charge is 0.489 e. The lowest BCUT2D eigenvalue weighted by molar-refractivity contribution is 0.221. The molecule has 1 N–H and O–H groups in total. The lowest BCUT2D eigenvalue weighted by Gasteiger charge is -2.17. The van der Waals surface area contributed by atoms with Crippen molar-refractivity contribution in [2.45, 2.75) is 26.4 Å². The minimum absolute atomic E-state index is 0.0412. The Labute approximate surface area is 154 Å². The molecule has 2 aromatic carbocycles. The second-order valence-corrected chi connectivity index (χ2v) is 6.74. The van der Waals surface area contributed by atoms with Gasteiger partial charge >= 0.3 is 6.03 Å². The maximum atomic E-state index is 12.3. The van der Waals surface area contributed by atoms with Crippen molar-refractivity contribution < 1.29 is 9.53 Å². The molecule has 0 radical (unpaired) electrons. The number of carbonyl (C=O) groups is 1. The quantitative estimate of drug-likeness (QED) is 0.879. The van der Waals surface area contributed by atoms with Gasteiger partial charge in [0, 0.05) is 18.8 Å². The van der Waals surface area contributed by atoms with Gasteiger partial charge < -0.3 is 15.0 Å². The van der Waals surface area contributed by atoms with Gasteiger partial charge in [-0.15, -0.1) is 0 Å². The summed E-state index contributed by atoms with van der Waals surface area (Å²) in [5.41, 5.74) is 2.74. The van der Waals surface area contributed by atoms with Crippen LogP contribution in [0.15, 0.2) is 48.5 Å². The molecule has 0 aromatic heterocycles. The van der Waals surface area contributed by atoms with Gasteiger partial charge in [-0.1, -0.05) is 31.2 Å². The first-order valence-corrected chi connectivity index (χ1v) is 8.87. The van der Waals surface area contributed by atoms with Crippen LogP contribution in [0.2, 0.25) is 0 Å². The van der Waals surface area contributed by atoms with E-state index in [1.165, 1.54) is 0 Å². The van der Waals surface area contributed by atoms with Gasteiger partial charge in [-0.05, 0) is 47.7 Å². The van der Waals surface area contributed by atoms with Crippen molar-refractivity contribution in [1.82, 2.24) is 4.90 Å². The summed E-state index contributed by atoms with van der Waals surface area (Å²) >= 11 is 0. The molecule has 0 aliphatic carbocycles. The molecule has 1 fully saturated rings. The number of carbonyl (C=O) groups excluding carboxylic acids is 1. The number of ether oxygens (including phenoxy) is 1. The number of amides is 2. The van der Waals surface area contributed by atoms with E-state index in [0.717, 1.165) is 42.1 Å². The molecule has 0 bridgehead atoms. The lowest BCUT2D eigenvalue weighted by Crippen LogP contribution is -2.32. The maximum absolute atomic E-state index is 12.3. The van der Waals surface area contributed by atoms with Gasteiger partial charge in [-0.2, -0.15) is 5.26 Å². The summed E-state index contributed by atoms with van der Waals surface area (Å²) < 4.78 is 5.79. The van der Waals surface area contributed by atoms with E-state index in [1.807, 2.05) is 53.4 Å². The van der Waals surface area contributed by atoms with E-state index >= 15 is 0 Å². The van der Waals surface area contributed by atoms with Crippen LogP contribution in [0.25, 0.3) is 0 Å². The van der Waals surface area contributed by atoms with Gasteiger partial charge in [0.1, 0.15) is 12.4 Å². The Bertz CT molecular complexity index is 796. The van der Waals surface area contributed by atoms with E-state index in [9.17, 15) is 4.79 Å². The molecule has 1 atom stereocenters. The molecule has 0 unspecified atom stereocenters. The van der Waals surface area contributed by atoms with Crippen molar-refractivity contribution in [3.63, 3.8) is 0 Å². The molecule has 0 saturated carbocycles. The Morgan fingerprint density at radius 2 is 2.08 bits per heavy atom. The van der Waals surface area contributed by atoms with Crippen LogP contribution in [0, 0.1) is 17.2 Å². The molecule has 26 heavy (non-hydrogen) atoms.